The van der Waals surface area contributed by atoms with E-state index in [0.717, 1.165) is 12.3 Å². The third kappa shape index (κ3) is 1.83. The van der Waals surface area contributed by atoms with Crippen LogP contribution < -0.4 is 5.73 Å². The Morgan fingerprint density at radius 1 is 1.29 bits per heavy atom. The molecule has 1 heteroatoms. The van der Waals surface area contributed by atoms with E-state index in [1.54, 1.807) is 0 Å². The van der Waals surface area contributed by atoms with Gasteiger partial charge in [0.25, 0.3) is 0 Å². The van der Waals surface area contributed by atoms with Crippen molar-refractivity contribution >= 4 is 0 Å². The summed E-state index contributed by atoms with van der Waals surface area (Å²) in [6, 6.07) is 9.12. The first kappa shape index (κ1) is 9.72. The van der Waals surface area contributed by atoms with Crippen molar-refractivity contribution in [1.82, 2.24) is 0 Å². The van der Waals surface area contributed by atoms with Gasteiger partial charge in [0.1, 0.15) is 0 Å². The van der Waals surface area contributed by atoms with Crippen molar-refractivity contribution in [3.05, 3.63) is 35.4 Å². The summed E-state index contributed by atoms with van der Waals surface area (Å²) >= 11 is 0. The third-order valence-corrected chi connectivity index (χ3v) is 3.38. The summed E-state index contributed by atoms with van der Waals surface area (Å²) in [7, 11) is 0. The van der Waals surface area contributed by atoms with Crippen LogP contribution in [0.3, 0.4) is 0 Å². The molecule has 1 aliphatic carbocycles. The molecule has 1 fully saturated rings. The molecule has 0 amide bonds. The fraction of sp³-hybridized carbons (Fsp3) is 0.538. The minimum atomic E-state index is 0.213. The maximum absolute atomic E-state index is 5.97. The highest BCUT2D eigenvalue weighted by Crippen LogP contribution is 2.36. The number of benzene rings is 1. The van der Waals surface area contributed by atoms with Crippen LogP contribution >= 0.6 is 0 Å². The molecule has 1 aromatic carbocycles. The number of rotatable bonds is 3. The predicted molar refractivity (Wildman–Crippen MR) is 60.3 cm³/mol. The van der Waals surface area contributed by atoms with E-state index in [1.807, 2.05) is 0 Å². The second kappa shape index (κ2) is 4.14. The highest BCUT2D eigenvalue weighted by molar-refractivity contribution is 5.28. The van der Waals surface area contributed by atoms with Crippen LogP contribution in [0.15, 0.2) is 24.3 Å². The van der Waals surface area contributed by atoms with Gasteiger partial charge in [-0.2, -0.15) is 0 Å². The van der Waals surface area contributed by atoms with Crippen molar-refractivity contribution in [3.63, 3.8) is 0 Å². The zero-order valence-electron chi connectivity index (χ0n) is 8.87. The van der Waals surface area contributed by atoms with Crippen LogP contribution in [0.5, 0.6) is 0 Å². The minimum Gasteiger partial charge on any atom is -0.324 e. The predicted octanol–water partition coefficient (Wildman–Crippen LogP) is 3.36. The first-order chi connectivity index (χ1) is 6.81. The summed E-state index contributed by atoms with van der Waals surface area (Å²) in [6.07, 6.45) is 5.17. The molecule has 1 nitrogen and oxygen atoms in total. The molecule has 0 aliphatic heterocycles. The van der Waals surface area contributed by atoms with Crippen molar-refractivity contribution < 1.29 is 0 Å². The van der Waals surface area contributed by atoms with Gasteiger partial charge in [0.05, 0.1) is 0 Å². The monoisotopic (exact) mass is 189 g/mol. The molecule has 1 unspecified atom stereocenters. The Bertz CT molecular complexity index is 261. The van der Waals surface area contributed by atoms with Gasteiger partial charge in [-0.25, -0.2) is 0 Å². The van der Waals surface area contributed by atoms with Gasteiger partial charge < -0.3 is 5.73 Å². The van der Waals surface area contributed by atoms with E-state index in [1.165, 1.54) is 30.4 Å². The van der Waals surface area contributed by atoms with Crippen LogP contribution in [0.25, 0.3) is 0 Å². The topological polar surface area (TPSA) is 26.0 Å². The van der Waals surface area contributed by atoms with Gasteiger partial charge >= 0.3 is 0 Å². The summed E-state index contributed by atoms with van der Waals surface area (Å²) in [5.41, 5.74) is 8.74. The molecule has 1 saturated carbocycles. The fourth-order valence-electron chi connectivity index (χ4n) is 1.99. The van der Waals surface area contributed by atoms with Crippen molar-refractivity contribution in [2.75, 3.05) is 0 Å². The van der Waals surface area contributed by atoms with E-state index in [2.05, 4.69) is 31.2 Å². The number of nitrogens with two attached hydrogens (primary N) is 1. The highest BCUT2D eigenvalue weighted by Gasteiger charge is 2.19. The first-order valence-electron chi connectivity index (χ1n) is 5.66. The molecule has 0 saturated heterocycles. The van der Waals surface area contributed by atoms with Crippen LogP contribution in [0.2, 0.25) is 0 Å². The lowest BCUT2D eigenvalue weighted by Gasteiger charge is -2.26. The highest BCUT2D eigenvalue weighted by atomic mass is 14.6. The lowest BCUT2D eigenvalue weighted by atomic mass is 9.80. The van der Waals surface area contributed by atoms with Crippen LogP contribution in [0.1, 0.15) is 55.7 Å². The molecular formula is C13H19N. The maximum atomic E-state index is 5.97. The molecule has 0 radical (unpaired) electrons. The average Bonchev–Trinajstić information content (AvgIpc) is 2.15. The van der Waals surface area contributed by atoms with Gasteiger partial charge in [-0.3, -0.25) is 0 Å². The smallest absolute Gasteiger partial charge is 0.0292 e. The average molecular weight is 189 g/mol. The molecule has 76 valence electrons. The van der Waals surface area contributed by atoms with Crippen LogP contribution in [-0.4, -0.2) is 0 Å². The van der Waals surface area contributed by atoms with Gasteiger partial charge in [0.15, 0.2) is 0 Å². The molecule has 1 aliphatic rings. The summed E-state index contributed by atoms with van der Waals surface area (Å²) in [4.78, 5) is 0. The Labute approximate surface area is 86.3 Å². The molecule has 0 aromatic heterocycles. The Morgan fingerprint density at radius 2 is 1.93 bits per heavy atom. The summed E-state index contributed by atoms with van der Waals surface area (Å²) in [6.45, 7) is 2.13. The van der Waals surface area contributed by atoms with Crippen molar-refractivity contribution in [2.45, 2.75) is 44.6 Å². The fourth-order valence-corrected chi connectivity index (χ4v) is 1.99. The van der Waals surface area contributed by atoms with E-state index < -0.39 is 0 Å². The molecule has 1 atom stereocenters. The molecule has 2 N–H and O–H groups in total. The van der Waals surface area contributed by atoms with Gasteiger partial charge in [0, 0.05) is 6.04 Å². The maximum Gasteiger partial charge on any atom is 0.0292 e. The van der Waals surface area contributed by atoms with Crippen molar-refractivity contribution in [2.24, 2.45) is 5.73 Å². The second-order valence-electron chi connectivity index (χ2n) is 4.31. The van der Waals surface area contributed by atoms with Crippen LogP contribution in [0.4, 0.5) is 0 Å². The van der Waals surface area contributed by atoms with Crippen molar-refractivity contribution in [3.8, 4) is 0 Å². The Kier molecular flexibility index (Phi) is 2.87. The molecule has 0 spiro atoms. The molecule has 0 heterocycles. The van der Waals surface area contributed by atoms with E-state index in [4.69, 9.17) is 5.73 Å². The summed E-state index contributed by atoms with van der Waals surface area (Å²) in [5, 5.41) is 0. The Morgan fingerprint density at radius 3 is 2.36 bits per heavy atom. The first-order valence-corrected chi connectivity index (χ1v) is 5.66. The van der Waals surface area contributed by atoms with E-state index in [0.29, 0.717) is 0 Å². The standard InChI is InChI=1S/C13H19N/c1-2-13(14)12-8-6-11(7-9-12)10-4-3-5-10/h6-10,13H,2-5,14H2,1H3. The third-order valence-electron chi connectivity index (χ3n) is 3.38. The van der Waals surface area contributed by atoms with E-state index in [9.17, 15) is 0 Å². The van der Waals surface area contributed by atoms with Gasteiger partial charge in [-0.15, -0.1) is 0 Å². The van der Waals surface area contributed by atoms with E-state index in [-0.39, 0.29) is 6.04 Å². The Balaban J connectivity index is 2.09. The van der Waals surface area contributed by atoms with Crippen molar-refractivity contribution in [1.29, 1.82) is 0 Å². The zero-order valence-corrected chi connectivity index (χ0v) is 8.87. The van der Waals surface area contributed by atoms with E-state index >= 15 is 0 Å². The largest absolute Gasteiger partial charge is 0.324 e. The quantitative estimate of drug-likeness (QED) is 0.775. The second-order valence-corrected chi connectivity index (χ2v) is 4.31. The SMILES string of the molecule is CCC(N)c1ccc(C2CCC2)cc1. The number of hydrogen-bond acceptors (Lipinski definition) is 1. The normalized spacial score (nSPS) is 19.0. The summed E-state index contributed by atoms with van der Waals surface area (Å²) < 4.78 is 0. The molecular weight excluding hydrogens is 170 g/mol. The van der Waals surface area contributed by atoms with Gasteiger partial charge in [-0.1, -0.05) is 37.6 Å². The van der Waals surface area contributed by atoms with Crippen LogP contribution in [-0.2, 0) is 0 Å². The Hall–Kier alpha value is -0.820. The zero-order chi connectivity index (χ0) is 9.97. The molecule has 1 aromatic rings. The lowest BCUT2D eigenvalue weighted by molar-refractivity contribution is 0.419. The number of hydrogen-bond donors (Lipinski definition) is 1. The van der Waals surface area contributed by atoms with Gasteiger partial charge in [0.2, 0.25) is 0 Å². The van der Waals surface area contributed by atoms with Gasteiger partial charge in [-0.05, 0) is 36.3 Å². The minimum absolute atomic E-state index is 0.213. The molecule has 14 heavy (non-hydrogen) atoms. The summed E-state index contributed by atoms with van der Waals surface area (Å²) in [5.74, 6) is 0.835. The van der Waals surface area contributed by atoms with Crippen LogP contribution in [0, 0.1) is 0 Å². The lowest BCUT2D eigenvalue weighted by Crippen LogP contribution is -2.11. The molecule has 0 bridgehead atoms. The molecule has 2 rings (SSSR count).